The van der Waals surface area contributed by atoms with Crippen molar-refractivity contribution in [3.05, 3.63) is 42.1 Å². The van der Waals surface area contributed by atoms with Crippen LogP contribution in [0, 0.1) is 0 Å². The van der Waals surface area contributed by atoms with Crippen LogP contribution in [0.25, 0.3) is 10.9 Å². The second-order valence-corrected chi connectivity index (χ2v) is 3.56. The van der Waals surface area contributed by atoms with E-state index in [1.54, 1.807) is 0 Å². The summed E-state index contributed by atoms with van der Waals surface area (Å²) in [6.07, 6.45) is 1.83. The molecule has 2 aromatic rings. The highest BCUT2D eigenvalue weighted by Crippen LogP contribution is 2.22. The zero-order chi connectivity index (χ0) is 9.97. The van der Waals surface area contributed by atoms with Crippen LogP contribution in [0.15, 0.2) is 36.5 Å². The third-order valence-electron chi connectivity index (χ3n) is 2.55. The number of pyridine rings is 1. The summed E-state index contributed by atoms with van der Waals surface area (Å²) >= 11 is 0. The number of benzene rings is 1. The predicted molar refractivity (Wildman–Crippen MR) is 59.2 cm³/mol. The molecule has 72 valence electrons. The Balaban J connectivity index is 2.65. The SMILES string of the molecule is C[C@@H](CN)c1cccc2cccnc12. The topological polar surface area (TPSA) is 38.9 Å². The Hall–Kier alpha value is -1.41. The Bertz CT molecular complexity index is 432. The molecular weight excluding hydrogens is 172 g/mol. The van der Waals surface area contributed by atoms with Gasteiger partial charge in [0.25, 0.3) is 0 Å². The zero-order valence-corrected chi connectivity index (χ0v) is 8.27. The van der Waals surface area contributed by atoms with Crippen LogP contribution in [0.1, 0.15) is 18.4 Å². The average Bonchev–Trinajstić information content (AvgIpc) is 2.27. The fraction of sp³-hybridized carbons (Fsp3) is 0.250. The van der Waals surface area contributed by atoms with Gasteiger partial charge in [-0.05, 0) is 24.1 Å². The molecule has 1 heterocycles. The van der Waals surface area contributed by atoms with Gasteiger partial charge < -0.3 is 5.73 Å². The van der Waals surface area contributed by atoms with Gasteiger partial charge in [-0.1, -0.05) is 31.2 Å². The number of fused-ring (bicyclic) bond motifs is 1. The molecule has 0 saturated heterocycles. The number of para-hydroxylation sites is 1. The summed E-state index contributed by atoms with van der Waals surface area (Å²) in [5.41, 5.74) is 7.99. The lowest BCUT2D eigenvalue weighted by molar-refractivity contribution is 0.779. The molecule has 0 fully saturated rings. The normalized spacial score (nSPS) is 13.0. The molecule has 0 bridgehead atoms. The molecule has 0 aliphatic carbocycles. The van der Waals surface area contributed by atoms with Gasteiger partial charge in [0, 0.05) is 11.6 Å². The fourth-order valence-electron chi connectivity index (χ4n) is 1.65. The first-order valence-electron chi connectivity index (χ1n) is 4.86. The maximum Gasteiger partial charge on any atom is 0.0737 e. The van der Waals surface area contributed by atoms with Gasteiger partial charge in [-0.2, -0.15) is 0 Å². The molecule has 2 rings (SSSR count). The molecule has 0 aliphatic rings. The molecule has 0 saturated carbocycles. The Kier molecular flexibility index (Phi) is 2.46. The number of aromatic nitrogens is 1. The minimum absolute atomic E-state index is 0.369. The van der Waals surface area contributed by atoms with Gasteiger partial charge in [0.1, 0.15) is 0 Å². The van der Waals surface area contributed by atoms with Gasteiger partial charge in [-0.25, -0.2) is 0 Å². The number of rotatable bonds is 2. The van der Waals surface area contributed by atoms with Crippen LogP contribution in [-0.2, 0) is 0 Å². The van der Waals surface area contributed by atoms with E-state index in [2.05, 4.69) is 36.2 Å². The third kappa shape index (κ3) is 1.49. The third-order valence-corrected chi connectivity index (χ3v) is 2.55. The first-order valence-corrected chi connectivity index (χ1v) is 4.86. The molecule has 1 atom stereocenters. The van der Waals surface area contributed by atoms with Gasteiger partial charge in [0.15, 0.2) is 0 Å². The Morgan fingerprint density at radius 1 is 1.29 bits per heavy atom. The fourth-order valence-corrected chi connectivity index (χ4v) is 1.65. The predicted octanol–water partition coefficient (Wildman–Crippen LogP) is 2.30. The van der Waals surface area contributed by atoms with Crippen molar-refractivity contribution < 1.29 is 0 Å². The van der Waals surface area contributed by atoms with Crippen LogP contribution in [0.4, 0.5) is 0 Å². The minimum Gasteiger partial charge on any atom is -0.330 e. The van der Waals surface area contributed by atoms with E-state index >= 15 is 0 Å². The molecule has 0 spiro atoms. The minimum atomic E-state index is 0.369. The molecule has 0 aliphatic heterocycles. The lowest BCUT2D eigenvalue weighted by Gasteiger charge is -2.10. The van der Waals surface area contributed by atoms with Crippen LogP contribution >= 0.6 is 0 Å². The standard InChI is InChI=1S/C12H14N2/c1-9(8-13)11-6-2-4-10-5-3-7-14-12(10)11/h2-7,9H,8,13H2,1H3/t9-/m0/s1. The van der Waals surface area contributed by atoms with Crippen LogP contribution in [0.3, 0.4) is 0 Å². The van der Waals surface area contributed by atoms with Crippen molar-refractivity contribution >= 4 is 10.9 Å². The molecule has 1 aromatic carbocycles. The Morgan fingerprint density at radius 2 is 2.07 bits per heavy atom. The van der Waals surface area contributed by atoms with Crippen molar-refractivity contribution in [3.63, 3.8) is 0 Å². The molecule has 0 amide bonds. The van der Waals surface area contributed by atoms with E-state index in [0.29, 0.717) is 12.5 Å². The molecule has 14 heavy (non-hydrogen) atoms. The molecule has 0 unspecified atom stereocenters. The highest BCUT2D eigenvalue weighted by molar-refractivity contribution is 5.82. The van der Waals surface area contributed by atoms with Gasteiger partial charge in [-0.15, -0.1) is 0 Å². The van der Waals surface area contributed by atoms with Crippen molar-refractivity contribution in [2.75, 3.05) is 6.54 Å². The van der Waals surface area contributed by atoms with E-state index in [0.717, 1.165) is 5.52 Å². The van der Waals surface area contributed by atoms with E-state index in [9.17, 15) is 0 Å². The number of nitrogens with zero attached hydrogens (tertiary/aromatic N) is 1. The summed E-state index contributed by atoms with van der Waals surface area (Å²) in [6, 6.07) is 10.3. The number of hydrogen-bond acceptors (Lipinski definition) is 2. The summed E-state index contributed by atoms with van der Waals surface area (Å²) in [4.78, 5) is 4.39. The van der Waals surface area contributed by atoms with Crippen molar-refractivity contribution in [1.29, 1.82) is 0 Å². The van der Waals surface area contributed by atoms with E-state index in [1.165, 1.54) is 10.9 Å². The lowest BCUT2D eigenvalue weighted by Crippen LogP contribution is -2.09. The van der Waals surface area contributed by atoms with Crippen LogP contribution < -0.4 is 5.73 Å². The maximum atomic E-state index is 5.67. The van der Waals surface area contributed by atoms with Crippen molar-refractivity contribution in [2.24, 2.45) is 5.73 Å². The van der Waals surface area contributed by atoms with E-state index in [1.807, 2.05) is 12.3 Å². The van der Waals surface area contributed by atoms with Crippen LogP contribution in [0.5, 0.6) is 0 Å². The molecule has 2 N–H and O–H groups in total. The maximum absolute atomic E-state index is 5.67. The highest BCUT2D eigenvalue weighted by atomic mass is 14.7. The van der Waals surface area contributed by atoms with Crippen LogP contribution in [0.2, 0.25) is 0 Å². The van der Waals surface area contributed by atoms with E-state index < -0.39 is 0 Å². The summed E-state index contributed by atoms with van der Waals surface area (Å²) in [5.74, 6) is 0.369. The summed E-state index contributed by atoms with van der Waals surface area (Å²) < 4.78 is 0. The zero-order valence-electron chi connectivity index (χ0n) is 8.27. The number of hydrogen-bond donors (Lipinski definition) is 1. The first-order chi connectivity index (χ1) is 6.83. The highest BCUT2D eigenvalue weighted by Gasteiger charge is 2.07. The Labute approximate surface area is 83.8 Å². The smallest absolute Gasteiger partial charge is 0.0737 e. The largest absolute Gasteiger partial charge is 0.330 e. The molecular formula is C12H14N2. The first kappa shape index (κ1) is 9.16. The Morgan fingerprint density at radius 3 is 2.86 bits per heavy atom. The number of nitrogens with two attached hydrogens (primary N) is 1. The lowest BCUT2D eigenvalue weighted by atomic mass is 9.98. The van der Waals surface area contributed by atoms with Gasteiger partial charge in [0.05, 0.1) is 5.52 Å². The van der Waals surface area contributed by atoms with Gasteiger partial charge in [0.2, 0.25) is 0 Å². The van der Waals surface area contributed by atoms with Gasteiger partial charge in [-0.3, -0.25) is 4.98 Å². The second kappa shape index (κ2) is 3.76. The summed E-state index contributed by atoms with van der Waals surface area (Å²) in [7, 11) is 0. The molecule has 1 aromatic heterocycles. The van der Waals surface area contributed by atoms with Crippen LogP contribution in [-0.4, -0.2) is 11.5 Å². The quantitative estimate of drug-likeness (QED) is 0.781. The van der Waals surface area contributed by atoms with E-state index in [4.69, 9.17) is 5.73 Å². The second-order valence-electron chi connectivity index (χ2n) is 3.56. The monoisotopic (exact) mass is 186 g/mol. The molecule has 2 heteroatoms. The van der Waals surface area contributed by atoms with Crippen molar-refractivity contribution in [1.82, 2.24) is 4.98 Å². The van der Waals surface area contributed by atoms with E-state index in [-0.39, 0.29) is 0 Å². The summed E-state index contributed by atoms with van der Waals surface area (Å²) in [5, 5.41) is 1.19. The molecule has 2 nitrogen and oxygen atoms in total. The van der Waals surface area contributed by atoms with Crippen molar-refractivity contribution in [3.8, 4) is 0 Å². The van der Waals surface area contributed by atoms with Gasteiger partial charge >= 0.3 is 0 Å². The summed E-state index contributed by atoms with van der Waals surface area (Å²) in [6.45, 7) is 2.79. The average molecular weight is 186 g/mol. The molecule has 0 radical (unpaired) electrons. The van der Waals surface area contributed by atoms with Crippen molar-refractivity contribution in [2.45, 2.75) is 12.8 Å².